The molecule has 1 saturated heterocycles. The van der Waals surface area contributed by atoms with E-state index in [1.165, 1.54) is 0 Å². The second kappa shape index (κ2) is 5.39. The van der Waals surface area contributed by atoms with Gasteiger partial charge < -0.3 is 0 Å². The number of aromatic nitrogens is 1. The lowest BCUT2D eigenvalue weighted by Gasteiger charge is -2.37. The summed E-state index contributed by atoms with van der Waals surface area (Å²) in [5.74, 6) is 0. The topological polar surface area (TPSA) is 50.3 Å². The van der Waals surface area contributed by atoms with E-state index in [-0.39, 0.29) is 12.1 Å². The fraction of sp³-hybridized carbons (Fsp3) is 0.438. The minimum atomic E-state index is -3.52. The Morgan fingerprint density at radius 2 is 1.76 bits per heavy atom. The lowest BCUT2D eigenvalue weighted by molar-refractivity contribution is 0.204. The molecular formula is C16H20N2O2S. The minimum Gasteiger partial charge on any atom is -0.255 e. The van der Waals surface area contributed by atoms with Gasteiger partial charge in [-0.3, -0.25) is 4.98 Å². The van der Waals surface area contributed by atoms with Crippen LogP contribution in [0.1, 0.15) is 33.1 Å². The summed E-state index contributed by atoms with van der Waals surface area (Å²) in [7, 11) is -3.52. The van der Waals surface area contributed by atoms with Crippen molar-refractivity contribution < 1.29 is 8.42 Å². The Kier molecular flexibility index (Phi) is 3.71. The lowest BCUT2D eigenvalue weighted by atomic mass is 10.0. The number of benzene rings is 1. The monoisotopic (exact) mass is 304 g/mol. The molecule has 2 heterocycles. The second-order valence-corrected chi connectivity index (χ2v) is 7.61. The van der Waals surface area contributed by atoms with Gasteiger partial charge in [0.15, 0.2) is 0 Å². The SMILES string of the molecule is CC1CCCC(C)N1S(=O)(=O)c1cccc2cccnc12. The van der Waals surface area contributed by atoms with E-state index in [4.69, 9.17) is 0 Å². The van der Waals surface area contributed by atoms with Crippen LogP contribution >= 0.6 is 0 Å². The number of fused-ring (bicyclic) bond motifs is 1. The van der Waals surface area contributed by atoms with E-state index in [0.29, 0.717) is 10.4 Å². The van der Waals surface area contributed by atoms with Gasteiger partial charge in [0.1, 0.15) is 4.90 Å². The predicted octanol–water partition coefficient (Wildman–Crippen LogP) is 3.19. The molecule has 4 nitrogen and oxygen atoms in total. The molecular weight excluding hydrogens is 284 g/mol. The molecule has 5 heteroatoms. The van der Waals surface area contributed by atoms with Crippen LogP contribution in [-0.4, -0.2) is 29.8 Å². The quantitative estimate of drug-likeness (QED) is 0.856. The Bertz CT molecular complexity index is 742. The Morgan fingerprint density at radius 3 is 2.48 bits per heavy atom. The molecule has 0 N–H and O–H groups in total. The van der Waals surface area contributed by atoms with Crippen molar-refractivity contribution in [2.45, 2.75) is 50.1 Å². The molecule has 0 spiro atoms. The van der Waals surface area contributed by atoms with Crippen LogP contribution in [0, 0.1) is 0 Å². The summed E-state index contributed by atoms with van der Waals surface area (Å²) in [6.07, 6.45) is 4.57. The maximum atomic E-state index is 13.1. The van der Waals surface area contributed by atoms with Crippen LogP contribution in [0.4, 0.5) is 0 Å². The number of nitrogens with zero attached hydrogens (tertiary/aromatic N) is 2. The molecule has 21 heavy (non-hydrogen) atoms. The van der Waals surface area contributed by atoms with Crippen LogP contribution in [0.2, 0.25) is 0 Å². The zero-order valence-electron chi connectivity index (χ0n) is 12.4. The molecule has 3 rings (SSSR count). The van der Waals surface area contributed by atoms with Crippen molar-refractivity contribution in [2.75, 3.05) is 0 Å². The van der Waals surface area contributed by atoms with Crippen molar-refractivity contribution in [2.24, 2.45) is 0 Å². The van der Waals surface area contributed by atoms with Crippen molar-refractivity contribution in [1.82, 2.24) is 9.29 Å². The van der Waals surface area contributed by atoms with Crippen molar-refractivity contribution in [3.05, 3.63) is 36.5 Å². The summed E-state index contributed by atoms with van der Waals surface area (Å²) >= 11 is 0. The summed E-state index contributed by atoms with van der Waals surface area (Å²) in [4.78, 5) is 4.61. The Hall–Kier alpha value is -1.46. The molecule has 2 unspecified atom stereocenters. The summed E-state index contributed by atoms with van der Waals surface area (Å²) in [5, 5.41) is 0.857. The number of hydrogen-bond acceptors (Lipinski definition) is 3. The maximum absolute atomic E-state index is 13.1. The van der Waals surface area contributed by atoms with E-state index >= 15 is 0 Å². The normalized spacial score (nSPS) is 24.3. The fourth-order valence-electron chi connectivity index (χ4n) is 3.27. The predicted molar refractivity (Wildman–Crippen MR) is 83.5 cm³/mol. The maximum Gasteiger partial charge on any atom is 0.245 e. The highest BCUT2D eigenvalue weighted by atomic mass is 32.2. The average Bonchev–Trinajstić information content (AvgIpc) is 2.46. The largest absolute Gasteiger partial charge is 0.255 e. The Morgan fingerprint density at radius 1 is 1.10 bits per heavy atom. The zero-order valence-corrected chi connectivity index (χ0v) is 13.2. The number of pyridine rings is 1. The van der Waals surface area contributed by atoms with Gasteiger partial charge in [-0.2, -0.15) is 4.31 Å². The van der Waals surface area contributed by atoms with E-state index in [1.54, 1.807) is 22.6 Å². The van der Waals surface area contributed by atoms with Crippen LogP contribution in [0.5, 0.6) is 0 Å². The van der Waals surface area contributed by atoms with Gasteiger partial charge in [-0.25, -0.2) is 8.42 Å². The highest BCUT2D eigenvalue weighted by molar-refractivity contribution is 7.89. The molecule has 0 aliphatic carbocycles. The highest BCUT2D eigenvalue weighted by Gasteiger charge is 2.36. The Balaban J connectivity index is 2.16. The molecule has 0 radical (unpaired) electrons. The van der Waals surface area contributed by atoms with Gasteiger partial charge in [0.05, 0.1) is 5.52 Å². The number of sulfonamides is 1. The first-order chi connectivity index (χ1) is 10.0. The molecule has 0 amide bonds. The third-order valence-electron chi connectivity index (χ3n) is 4.26. The number of hydrogen-bond donors (Lipinski definition) is 0. The smallest absolute Gasteiger partial charge is 0.245 e. The molecule has 1 aliphatic rings. The minimum absolute atomic E-state index is 0.0396. The van der Waals surface area contributed by atoms with E-state index < -0.39 is 10.0 Å². The van der Waals surface area contributed by atoms with Gasteiger partial charge >= 0.3 is 0 Å². The van der Waals surface area contributed by atoms with Crippen LogP contribution in [-0.2, 0) is 10.0 Å². The van der Waals surface area contributed by atoms with E-state index in [2.05, 4.69) is 4.98 Å². The number of para-hydroxylation sites is 1. The highest BCUT2D eigenvalue weighted by Crippen LogP contribution is 2.31. The summed E-state index contributed by atoms with van der Waals surface area (Å²) in [6, 6.07) is 9.14. The standard InChI is InChI=1S/C16H20N2O2S/c1-12-6-3-7-13(2)18(12)21(19,20)15-10-4-8-14-9-5-11-17-16(14)15/h4-5,8-13H,3,6-7H2,1-2H3. The lowest BCUT2D eigenvalue weighted by Crippen LogP contribution is -2.47. The molecule has 1 aromatic heterocycles. The van der Waals surface area contributed by atoms with Crippen LogP contribution in [0.15, 0.2) is 41.4 Å². The molecule has 1 aromatic carbocycles. The van der Waals surface area contributed by atoms with E-state index in [9.17, 15) is 8.42 Å². The first-order valence-corrected chi connectivity index (χ1v) is 8.83. The van der Waals surface area contributed by atoms with E-state index in [1.807, 2.05) is 32.0 Å². The van der Waals surface area contributed by atoms with Crippen LogP contribution < -0.4 is 0 Å². The molecule has 1 fully saturated rings. The zero-order chi connectivity index (χ0) is 15.0. The molecule has 112 valence electrons. The molecule has 0 bridgehead atoms. The van der Waals surface area contributed by atoms with Crippen LogP contribution in [0.25, 0.3) is 10.9 Å². The van der Waals surface area contributed by atoms with E-state index in [0.717, 1.165) is 24.6 Å². The second-order valence-electron chi connectivity index (χ2n) is 5.80. The third-order valence-corrected chi connectivity index (χ3v) is 6.42. The van der Waals surface area contributed by atoms with Crippen molar-refractivity contribution >= 4 is 20.9 Å². The van der Waals surface area contributed by atoms with Gasteiger partial charge in [0.2, 0.25) is 10.0 Å². The van der Waals surface area contributed by atoms with Gasteiger partial charge in [-0.05, 0) is 38.8 Å². The summed E-state index contributed by atoms with van der Waals surface area (Å²) < 4.78 is 27.9. The van der Waals surface area contributed by atoms with Crippen LogP contribution in [0.3, 0.4) is 0 Å². The van der Waals surface area contributed by atoms with Crippen molar-refractivity contribution in [3.63, 3.8) is 0 Å². The third kappa shape index (κ3) is 2.45. The fourth-order valence-corrected chi connectivity index (χ4v) is 5.32. The van der Waals surface area contributed by atoms with Crippen molar-refractivity contribution in [3.8, 4) is 0 Å². The first kappa shape index (κ1) is 14.5. The van der Waals surface area contributed by atoms with Crippen molar-refractivity contribution in [1.29, 1.82) is 0 Å². The molecule has 2 aromatic rings. The first-order valence-electron chi connectivity index (χ1n) is 7.39. The van der Waals surface area contributed by atoms with Gasteiger partial charge in [0.25, 0.3) is 0 Å². The summed E-state index contributed by atoms with van der Waals surface area (Å²) in [5.41, 5.74) is 0.560. The molecule has 2 atom stereocenters. The van der Waals surface area contributed by atoms with Gasteiger partial charge in [-0.15, -0.1) is 0 Å². The average molecular weight is 304 g/mol. The molecule has 0 saturated carbocycles. The van der Waals surface area contributed by atoms with Gasteiger partial charge in [0, 0.05) is 23.7 Å². The summed E-state index contributed by atoms with van der Waals surface area (Å²) in [6.45, 7) is 3.98. The molecule has 1 aliphatic heterocycles. The Labute approximate surface area is 125 Å². The number of rotatable bonds is 2. The number of piperidine rings is 1. The van der Waals surface area contributed by atoms with Gasteiger partial charge in [-0.1, -0.05) is 24.6 Å².